The van der Waals surface area contributed by atoms with Gasteiger partial charge in [-0.25, -0.2) is 0 Å². The maximum Gasteiger partial charge on any atom is 0.0874 e. The molecule has 0 saturated carbocycles. The van der Waals surface area contributed by atoms with Crippen LogP contribution in [0.1, 0.15) is 19.4 Å². The predicted molar refractivity (Wildman–Crippen MR) is 83.8 cm³/mol. The number of nitrogens with zero attached hydrogens (tertiary/aromatic N) is 1. The lowest BCUT2D eigenvalue weighted by Crippen LogP contribution is -2.48. The Balaban J connectivity index is 1.87. The summed E-state index contributed by atoms with van der Waals surface area (Å²) in [6.07, 6.45) is 0.274. The molecule has 1 aromatic rings. The molecule has 1 atom stereocenters. The monoisotopic (exact) mass is 326 g/mol. The Kier molecular flexibility index (Phi) is 5.25. The fourth-order valence-electron chi connectivity index (χ4n) is 2.40. The van der Waals surface area contributed by atoms with Crippen LogP contribution in [0.15, 0.2) is 22.7 Å². The first-order valence-electron chi connectivity index (χ1n) is 6.91. The molecular formula is C15H23BrN2O. The molecule has 106 valence electrons. The van der Waals surface area contributed by atoms with Crippen molar-refractivity contribution >= 4 is 21.6 Å². The van der Waals surface area contributed by atoms with Crippen LogP contribution in [0.2, 0.25) is 0 Å². The fraction of sp³-hybridized carbons (Fsp3) is 0.600. The van der Waals surface area contributed by atoms with Crippen molar-refractivity contribution in [2.45, 2.75) is 32.9 Å². The van der Waals surface area contributed by atoms with Gasteiger partial charge in [0.15, 0.2) is 0 Å². The first-order valence-corrected chi connectivity index (χ1v) is 7.70. The summed E-state index contributed by atoms with van der Waals surface area (Å²) in [5.74, 6) is 0. The van der Waals surface area contributed by atoms with Gasteiger partial charge in [-0.1, -0.05) is 15.9 Å². The van der Waals surface area contributed by atoms with Gasteiger partial charge in [-0.3, -0.25) is 4.90 Å². The van der Waals surface area contributed by atoms with Gasteiger partial charge in [0.05, 0.1) is 12.7 Å². The van der Waals surface area contributed by atoms with Crippen molar-refractivity contribution in [2.24, 2.45) is 0 Å². The van der Waals surface area contributed by atoms with Crippen LogP contribution in [0.25, 0.3) is 0 Å². The normalized spacial score (nSPS) is 20.8. The molecule has 1 heterocycles. The second-order valence-electron chi connectivity index (χ2n) is 5.48. The van der Waals surface area contributed by atoms with Crippen molar-refractivity contribution in [1.82, 2.24) is 4.90 Å². The van der Waals surface area contributed by atoms with Crippen molar-refractivity contribution < 1.29 is 4.74 Å². The Hall–Kier alpha value is -0.580. The molecule has 1 aliphatic rings. The number of benzene rings is 1. The molecule has 1 fully saturated rings. The third-order valence-corrected chi connectivity index (χ3v) is 3.93. The molecular weight excluding hydrogens is 304 g/mol. The van der Waals surface area contributed by atoms with Gasteiger partial charge in [0.2, 0.25) is 0 Å². The lowest BCUT2D eigenvalue weighted by atomic mass is 10.2. The average Bonchev–Trinajstić information content (AvgIpc) is 2.35. The summed E-state index contributed by atoms with van der Waals surface area (Å²) < 4.78 is 6.94. The minimum atomic E-state index is 0.274. The maximum atomic E-state index is 5.82. The van der Waals surface area contributed by atoms with Gasteiger partial charge in [0, 0.05) is 35.8 Å². The van der Waals surface area contributed by atoms with Crippen LogP contribution in [0.3, 0.4) is 0 Å². The highest BCUT2D eigenvalue weighted by Crippen LogP contribution is 2.19. The Morgan fingerprint density at radius 2 is 2.21 bits per heavy atom. The molecule has 1 saturated heterocycles. The van der Waals surface area contributed by atoms with Crippen LogP contribution in [-0.2, 0) is 4.74 Å². The van der Waals surface area contributed by atoms with Crippen molar-refractivity contribution in [3.05, 3.63) is 28.2 Å². The van der Waals surface area contributed by atoms with E-state index >= 15 is 0 Å². The molecule has 3 nitrogen and oxygen atoms in total. The van der Waals surface area contributed by atoms with Gasteiger partial charge < -0.3 is 10.1 Å². The van der Waals surface area contributed by atoms with Crippen LogP contribution < -0.4 is 5.32 Å². The van der Waals surface area contributed by atoms with Crippen molar-refractivity contribution in [1.29, 1.82) is 0 Å². The molecule has 1 aliphatic heterocycles. The van der Waals surface area contributed by atoms with Crippen LogP contribution in [-0.4, -0.2) is 43.3 Å². The third kappa shape index (κ3) is 4.48. The van der Waals surface area contributed by atoms with E-state index in [1.54, 1.807) is 0 Å². The van der Waals surface area contributed by atoms with E-state index in [1.807, 2.05) is 0 Å². The van der Waals surface area contributed by atoms with E-state index in [-0.39, 0.29) is 6.10 Å². The van der Waals surface area contributed by atoms with Crippen LogP contribution >= 0.6 is 15.9 Å². The zero-order chi connectivity index (χ0) is 13.8. The summed E-state index contributed by atoms with van der Waals surface area (Å²) in [5.41, 5.74) is 2.40. The molecule has 2 rings (SSSR count). The van der Waals surface area contributed by atoms with Gasteiger partial charge in [0.1, 0.15) is 0 Å². The predicted octanol–water partition coefficient (Wildman–Crippen LogP) is 3.28. The molecule has 4 heteroatoms. The molecule has 0 amide bonds. The van der Waals surface area contributed by atoms with E-state index < -0.39 is 0 Å². The van der Waals surface area contributed by atoms with Gasteiger partial charge in [-0.05, 0) is 44.5 Å². The number of nitrogens with one attached hydrogen (secondary N) is 1. The summed E-state index contributed by atoms with van der Waals surface area (Å²) in [7, 11) is 0. The lowest BCUT2D eigenvalue weighted by molar-refractivity contribution is -0.0315. The van der Waals surface area contributed by atoms with Crippen LogP contribution in [0.4, 0.5) is 5.69 Å². The zero-order valence-electron chi connectivity index (χ0n) is 11.9. The van der Waals surface area contributed by atoms with E-state index in [0.717, 1.165) is 36.4 Å². The number of hydrogen-bond acceptors (Lipinski definition) is 3. The lowest BCUT2D eigenvalue weighted by Gasteiger charge is -2.35. The summed E-state index contributed by atoms with van der Waals surface area (Å²) in [5, 5.41) is 3.47. The minimum absolute atomic E-state index is 0.274. The molecule has 19 heavy (non-hydrogen) atoms. The molecule has 1 N–H and O–H groups in total. The first-order chi connectivity index (χ1) is 9.04. The second-order valence-corrected chi connectivity index (χ2v) is 6.40. The number of anilines is 1. The number of ether oxygens (including phenoxy) is 1. The van der Waals surface area contributed by atoms with E-state index in [1.165, 1.54) is 5.56 Å². The molecule has 1 aromatic carbocycles. The number of morpholine rings is 1. The van der Waals surface area contributed by atoms with Crippen LogP contribution in [0.5, 0.6) is 0 Å². The third-order valence-electron chi connectivity index (χ3n) is 3.48. The van der Waals surface area contributed by atoms with Crippen molar-refractivity contribution in [2.75, 3.05) is 31.6 Å². The highest BCUT2D eigenvalue weighted by atomic mass is 79.9. The standard InChI is InChI=1S/C15H23BrN2O/c1-11(2)18-4-5-19-15(10-18)9-17-14-7-12(3)6-13(16)8-14/h6-8,11,15,17H,4-5,9-10H2,1-3H3. The van der Waals surface area contributed by atoms with Crippen LogP contribution in [0, 0.1) is 6.92 Å². The molecule has 0 spiro atoms. The van der Waals surface area contributed by atoms with E-state index in [2.05, 4.69) is 65.1 Å². The van der Waals surface area contributed by atoms with Crippen molar-refractivity contribution in [3.8, 4) is 0 Å². The number of rotatable bonds is 4. The van der Waals surface area contributed by atoms with Gasteiger partial charge in [-0.15, -0.1) is 0 Å². The average molecular weight is 327 g/mol. The van der Waals surface area contributed by atoms with Gasteiger partial charge >= 0.3 is 0 Å². The highest BCUT2D eigenvalue weighted by molar-refractivity contribution is 9.10. The van der Waals surface area contributed by atoms with Gasteiger partial charge in [-0.2, -0.15) is 0 Å². The van der Waals surface area contributed by atoms with Crippen molar-refractivity contribution in [3.63, 3.8) is 0 Å². The number of halogens is 1. The molecule has 0 aromatic heterocycles. The largest absolute Gasteiger partial charge is 0.382 e. The molecule has 0 radical (unpaired) electrons. The number of aryl methyl sites for hydroxylation is 1. The van der Waals surface area contributed by atoms with E-state index in [4.69, 9.17) is 4.74 Å². The fourth-order valence-corrected chi connectivity index (χ4v) is 3.01. The second kappa shape index (κ2) is 6.73. The summed E-state index contributed by atoms with van der Waals surface area (Å²) in [6.45, 7) is 10.3. The summed E-state index contributed by atoms with van der Waals surface area (Å²) >= 11 is 3.53. The summed E-state index contributed by atoms with van der Waals surface area (Å²) in [6, 6.07) is 6.98. The molecule has 0 aliphatic carbocycles. The smallest absolute Gasteiger partial charge is 0.0874 e. The Bertz CT molecular complexity index is 402. The highest BCUT2D eigenvalue weighted by Gasteiger charge is 2.21. The van der Waals surface area contributed by atoms with E-state index in [0.29, 0.717) is 6.04 Å². The first kappa shape index (κ1) is 14.8. The zero-order valence-corrected chi connectivity index (χ0v) is 13.5. The Morgan fingerprint density at radius 1 is 1.42 bits per heavy atom. The minimum Gasteiger partial charge on any atom is -0.382 e. The quantitative estimate of drug-likeness (QED) is 0.918. The Morgan fingerprint density at radius 3 is 2.89 bits per heavy atom. The maximum absolute atomic E-state index is 5.82. The SMILES string of the molecule is Cc1cc(Br)cc(NCC2CN(C(C)C)CCO2)c1. The molecule has 1 unspecified atom stereocenters. The topological polar surface area (TPSA) is 24.5 Å². The number of hydrogen-bond donors (Lipinski definition) is 1. The van der Waals surface area contributed by atoms with E-state index in [9.17, 15) is 0 Å². The van der Waals surface area contributed by atoms with Gasteiger partial charge in [0.25, 0.3) is 0 Å². The summed E-state index contributed by atoms with van der Waals surface area (Å²) in [4.78, 5) is 2.47. The molecule has 0 bridgehead atoms. The Labute approximate surface area is 124 Å².